The summed E-state index contributed by atoms with van der Waals surface area (Å²) in [6, 6.07) is 17.1. The van der Waals surface area contributed by atoms with Crippen LogP contribution in [0.25, 0.3) is 10.9 Å². The molecule has 1 saturated heterocycles. The van der Waals surface area contributed by atoms with Crippen molar-refractivity contribution >= 4 is 22.7 Å². The Balaban J connectivity index is 1.26. The highest BCUT2D eigenvalue weighted by molar-refractivity contribution is 5.79. The molecular formula is C23H25N5O3. The summed E-state index contributed by atoms with van der Waals surface area (Å²) in [6.07, 6.45) is 2.20. The van der Waals surface area contributed by atoms with Gasteiger partial charge in [-0.2, -0.15) is 0 Å². The van der Waals surface area contributed by atoms with E-state index in [0.717, 1.165) is 17.5 Å². The highest BCUT2D eigenvalue weighted by Gasteiger charge is 2.24. The molecule has 4 rings (SSSR count). The molecule has 1 aliphatic heterocycles. The van der Waals surface area contributed by atoms with E-state index in [0.29, 0.717) is 43.5 Å². The summed E-state index contributed by atoms with van der Waals surface area (Å²) in [7, 11) is 0. The van der Waals surface area contributed by atoms with Gasteiger partial charge >= 0.3 is 0 Å². The third-order valence-electron chi connectivity index (χ3n) is 5.60. The molecule has 3 aromatic rings. The number of nitrogens with zero attached hydrogens (tertiary/aromatic N) is 5. The van der Waals surface area contributed by atoms with Crippen molar-refractivity contribution in [2.75, 3.05) is 26.2 Å². The van der Waals surface area contributed by atoms with Gasteiger partial charge in [0, 0.05) is 32.6 Å². The van der Waals surface area contributed by atoms with Gasteiger partial charge in [-0.15, -0.1) is 5.10 Å². The summed E-state index contributed by atoms with van der Waals surface area (Å²) in [4.78, 5) is 41.2. The Hall–Kier alpha value is -3.55. The first-order valence-electron chi connectivity index (χ1n) is 10.5. The Morgan fingerprint density at radius 2 is 1.48 bits per heavy atom. The average Bonchev–Trinajstić information content (AvgIpc) is 2.82. The number of hydrogen-bond acceptors (Lipinski definition) is 5. The number of benzene rings is 2. The predicted molar refractivity (Wildman–Crippen MR) is 116 cm³/mol. The molecule has 8 heteroatoms. The molecule has 2 aromatic carbocycles. The Morgan fingerprint density at radius 1 is 0.839 bits per heavy atom. The quantitative estimate of drug-likeness (QED) is 0.604. The summed E-state index contributed by atoms with van der Waals surface area (Å²) in [6.45, 7) is 1.78. The van der Waals surface area contributed by atoms with Gasteiger partial charge in [-0.3, -0.25) is 14.4 Å². The van der Waals surface area contributed by atoms with Gasteiger partial charge in [0.2, 0.25) is 11.8 Å². The zero-order chi connectivity index (χ0) is 21.6. The number of fused-ring (bicyclic) bond motifs is 1. The van der Waals surface area contributed by atoms with E-state index in [9.17, 15) is 14.4 Å². The van der Waals surface area contributed by atoms with E-state index in [1.54, 1.807) is 29.2 Å². The van der Waals surface area contributed by atoms with E-state index in [1.807, 2.05) is 23.1 Å². The van der Waals surface area contributed by atoms with Crippen molar-refractivity contribution in [3.8, 4) is 0 Å². The summed E-state index contributed by atoms with van der Waals surface area (Å²) >= 11 is 0. The van der Waals surface area contributed by atoms with Gasteiger partial charge in [0.25, 0.3) is 5.56 Å². The van der Waals surface area contributed by atoms with Crippen molar-refractivity contribution in [3.63, 3.8) is 0 Å². The molecular weight excluding hydrogens is 394 g/mol. The van der Waals surface area contributed by atoms with Crippen LogP contribution in [0.1, 0.15) is 18.4 Å². The second kappa shape index (κ2) is 9.51. The van der Waals surface area contributed by atoms with E-state index in [1.165, 1.54) is 5.56 Å². The smallest absolute Gasteiger partial charge is 0.278 e. The van der Waals surface area contributed by atoms with Gasteiger partial charge in [-0.25, -0.2) is 4.68 Å². The molecule has 1 aromatic heterocycles. The highest BCUT2D eigenvalue weighted by atomic mass is 16.2. The monoisotopic (exact) mass is 419 g/mol. The molecule has 0 atom stereocenters. The van der Waals surface area contributed by atoms with Crippen LogP contribution >= 0.6 is 0 Å². The maximum atomic E-state index is 12.7. The van der Waals surface area contributed by atoms with E-state index < -0.39 is 0 Å². The van der Waals surface area contributed by atoms with Crippen LogP contribution in [-0.4, -0.2) is 62.8 Å². The van der Waals surface area contributed by atoms with Crippen LogP contribution in [0.5, 0.6) is 0 Å². The summed E-state index contributed by atoms with van der Waals surface area (Å²) in [5.74, 6) is -0.0671. The molecule has 1 aliphatic rings. The molecule has 8 nitrogen and oxygen atoms in total. The summed E-state index contributed by atoms with van der Waals surface area (Å²) < 4.78 is 1.10. The fourth-order valence-electron chi connectivity index (χ4n) is 3.81. The van der Waals surface area contributed by atoms with Crippen LogP contribution in [0.4, 0.5) is 0 Å². The molecule has 0 saturated carbocycles. The zero-order valence-corrected chi connectivity index (χ0v) is 17.3. The first-order chi connectivity index (χ1) is 15.1. The van der Waals surface area contributed by atoms with E-state index in [4.69, 9.17) is 0 Å². The zero-order valence-electron chi connectivity index (χ0n) is 17.3. The molecule has 0 spiro atoms. The number of carbonyl (C=O) groups is 2. The van der Waals surface area contributed by atoms with Crippen molar-refractivity contribution in [2.45, 2.75) is 25.8 Å². The van der Waals surface area contributed by atoms with E-state index in [-0.39, 0.29) is 23.9 Å². The average molecular weight is 419 g/mol. The highest BCUT2D eigenvalue weighted by Crippen LogP contribution is 2.10. The second-order valence-electron chi connectivity index (χ2n) is 7.67. The number of carbonyl (C=O) groups excluding carboxylic acids is 2. The Bertz CT molecular complexity index is 1120. The van der Waals surface area contributed by atoms with Crippen LogP contribution in [0, 0.1) is 0 Å². The fourth-order valence-corrected chi connectivity index (χ4v) is 3.81. The number of piperazine rings is 1. The van der Waals surface area contributed by atoms with Crippen molar-refractivity contribution in [1.29, 1.82) is 0 Å². The van der Waals surface area contributed by atoms with Crippen LogP contribution < -0.4 is 5.56 Å². The largest absolute Gasteiger partial charge is 0.339 e. The Kier molecular flexibility index (Phi) is 6.35. The minimum atomic E-state index is -0.328. The SMILES string of the molecule is O=C(CCCc1ccccc1)N1CCN(C(=O)Cn2nnc3ccccc3c2=O)CC1. The molecule has 1 fully saturated rings. The van der Waals surface area contributed by atoms with Gasteiger partial charge in [0.15, 0.2) is 0 Å². The van der Waals surface area contributed by atoms with Gasteiger partial charge in [0.05, 0.1) is 5.39 Å². The van der Waals surface area contributed by atoms with Gasteiger partial charge in [0.1, 0.15) is 12.1 Å². The normalized spacial score (nSPS) is 14.1. The van der Waals surface area contributed by atoms with Crippen LogP contribution in [0.15, 0.2) is 59.4 Å². The second-order valence-corrected chi connectivity index (χ2v) is 7.67. The van der Waals surface area contributed by atoms with E-state index in [2.05, 4.69) is 22.4 Å². The molecule has 160 valence electrons. The standard InChI is InChI=1S/C23H25N5O3/c29-21(12-6-9-18-7-2-1-3-8-18)26-13-15-27(16-14-26)22(30)17-28-23(31)19-10-4-5-11-20(19)24-25-28/h1-5,7-8,10-11H,6,9,12-17H2. The first kappa shape index (κ1) is 20.7. The molecule has 2 amide bonds. The number of amides is 2. The van der Waals surface area contributed by atoms with Gasteiger partial charge in [-0.1, -0.05) is 47.7 Å². The first-order valence-corrected chi connectivity index (χ1v) is 10.5. The predicted octanol–water partition coefficient (Wildman–Crippen LogP) is 1.49. The maximum Gasteiger partial charge on any atom is 0.278 e. The molecule has 0 N–H and O–H groups in total. The van der Waals surface area contributed by atoms with Crippen molar-refractivity contribution in [2.24, 2.45) is 0 Å². The molecule has 0 aliphatic carbocycles. The lowest BCUT2D eigenvalue weighted by Crippen LogP contribution is -2.51. The van der Waals surface area contributed by atoms with Crippen molar-refractivity contribution < 1.29 is 9.59 Å². The Morgan fingerprint density at radius 3 is 2.23 bits per heavy atom. The lowest BCUT2D eigenvalue weighted by atomic mass is 10.1. The van der Waals surface area contributed by atoms with Crippen LogP contribution in [-0.2, 0) is 22.6 Å². The fraction of sp³-hybridized carbons (Fsp3) is 0.348. The number of rotatable bonds is 6. The van der Waals surface area contributed by atoms with Crippen LogP contribution in [0.2, 0.25) is 0 Å². The molecule has 2 heterocycles. The third-order valence-corrected chi connectivity index (χ3v) is 5.60. The lowest BCUT2D eigenvalue weighted by Gasteiger charge is -2.34. The Labute approximate surface area is 180 Å². The topological polar surface area (TPSA) is 88.4 Å². The van der Waals surface area contributed by atoms with Crippen molar-refractivity contribution in [3.05, 3.63) is 70.5 Å². The molecule has 0 bridgehead atoms. The summed E-state index contributed by atoms with van der Waals surface area (Å²) in [5.41, 5.74) is 1.42. The van der Waals surface area contributed by atoms with Gasteiger partial charge < -0.3 is 9.80 Å². The minimum Gasteiger partial charge on any atom is -0.339 e. The molecule has 31 heavy (non-hydrogen) atoms. The maximum absolute atomic E-state index is 12.7. The molecule has 0 radical (unpaired) electrons. The van der Waals surface area contributed by atoms with E-state index >= 15 is 0 Å². The number of hydrogen-bond donors (Lipinski definition) is 0. The minimum absolute atomic E-state index is 0.125. The third kappa shape index (κ3) is 4.96. The lowest BCUT2D eigenvalue weighted by molar-refractivity contribution is -0.140. The van der Waals surface area contributed by atoms with Gasteiger partial charge in [-0.05, 0) is 30.5 Å². The number of aryl methyl sites for hydroxylation is 1. The number of aromatic nitrogens is 3. The molecule has 0 unspecified atom stereocenters. The van der Waals surface area contributed by atoms with Crippen molar-refractivity contribution in [1.82, 2.24) is 24.8 Å². The summed E-state index contributed by atoms with van der Waals surface area (Å²) in [5, 5.41) is 8.34. The van der Waals surface area contributed by atoms with Crippen LogP contribution in [0.3, 0.4) is 0 Å².